The van der Waals surface area contributed by atoms with Crippen LogP contribution in [0.25, 0.3) is 0 Å². The maximum Gasteiger partial charge on any atom is 0.416 e. The minimum atomic E-state index is -4.30. The monoisotopic (exact) mass is 366 g/mol. The highest BCUT2D eigenvalue weighted by Crippen LogP contribution is 2.29. The molecule has 2 rings (SSSR count). The normalized spacial score (nSPS) is 17.7. The van der Waals surface area contributed by atoms with Gasteiger partial charge in [0.15, 0.2) is 5.94 Å². The number of allylic oxidation sites excluding steroid dienone is 1. The highest BCUT2D eigenvalue weighted by atomic mass is 19.4. The number of nitrogens with one attached hydrogen (secondary N) is 1. The second-order valence-corrected chi connectivity index (χ2v) is 6.19. The van der Waals surface area contributed by atoms with E-state index in [9.17, 15) is 18.0 Å². The number of rotatable bonds is 7. The number of hydrogen-bond acceptors (Lipinski definition) is 4. The molecule has 2 unspecified atom stereocenters. The van der Waals surface area contributed by atoms with Gasteiger partial charge in [-0.25, -0.2) is 4.79 Å². The largest absolute Gasteiger partial charge is 0.486 e. The third-order valence-electron chi connectivity index (χ3n) is 4.29. The van der Waals surface area contributed by atoms with Gasteiger partial charge in [0, 0.05) is 12.4 Å². The molecule has 0 aromatic heterocycles. The Morgan fingerprint density at radius 1 is 1.35 bits per heavy atom. The number of aryl methyl sites for hydroxylation is 1. The van der Waals surface area contributed by atoms with Crippen molar-refractivity contribution in [3.05, 3.63) is 52.9 Å². The average Bonchev–Trinajstić information content (AvgIpc) is 2.63. The highest BCUT2D eigenvalue weighted by molar-refractivity contribution is 5.88. The Morgan fingerprint density at radius 2 is 2.04 bits per heavy atom. The first-order valence-electron chi connectivity index (χ1n) is 8.30. The minimum absolute atomic E-state index is 0.0923. The minimum Gasteiger partial charge on any atom is -0.486 e. The molecule has 0 fully saturated rings. The first-order valence-corrected chi connectivity index (χ1v) is 8.30. The van der Waals surface area contributed by atoms with Crippen molar-refractivity contribution in [3.8, 4) is 0 Å². The summed E-state index contributed by atoms with van der Waals surface area (Å²) in [6.07, 6.45) is 1.25. The molecule has 1 aromatic carbocycles. The molecule has 0 aliphatic carbocycles. The molecule has 140 valence electrons. The fourth-order valence-electron chi connectivity index (χ4n) is 2.72. The number of nitrogens with zero attached hydrogens (tertiary/aromatic N) is 1. The lowest BCUT2D eigenvalue weighted by atomic mass is 9.97. The summed E-state index contributed by atoms with van der Waals surface area (Å²) < 4.78 is 42.6. The Hall–Kier alpha value is -2.53. The molecule has 1 aliphatic heterocycles. The van der Waals surface area contributed by atoms with Gasteiger partial charge in [0.05, 0.1) is 18.2 Å². The molecule has 26 heavy (non-hydrogen) atoms. The summed E-state index contributed by atoms with van der Waals surface area (Å²) in [4.78, 5) is 15.1. The van der Waals surface area contributed by atoms with E-state index in [2.05, 4.69) is 10.3 Å². The van der Waals surface area contributed by atoms with Crippen molar-refractivity contribution in [3.63, 3.8) is 0 Å². The molecule has 0 bridgehead atoms. The molecule has 7 heteroatoms. The van der Waals surface area contributed by atoms with Crippen LogP contribution in [0.3, 0.4) is 0 Å². The number of ether oxygens (including phenoxy) is 1. The summed E-state index contributed by atoms with van der Waals surface area (Å²) in [5, 5.41) is 3.13. The number of carbonyl (C=O) groups excluding carboxylic acids is 1. The van der Waals surface area contributed by atoms with Gasteiger partial charge in [-0.05, 0) is 42.9 Å². The standard InChI is InChI=1S/C19H21F3N2O2/c1-13(18-23-10-15(11-24-18)17(12-25)26-2)4-3-5-14-6-8-16(9-7-14)19(20,21)22/h6-11,13,18,23H,3-5H2,1-2H3. The Bertz CT molecular complexity index is 717. The molecule has 1 N–H and O–H groups in total. The van der Waals surface area contributed by atoms with Gasteiger partial charge in [0.1, 0.15) is 6.17 Å². The van der Waals surface area contributed by atoms with Crippen molar-refractivity contribution in [2.45, 2.75) is 38.5 Å². The molecule has 0 spiro atoms. The molecule has 0 amide bonds. The van der Waals surface area contributed by atoms with Gasteiger partial charge in [0.2, 0.25) is 5.76 Å². The van der Waals surface area contributed by atoms with Crippen LogP contribution in [0.1, 0.15) is 30.9 Å². The first kappa shape index (κ1) is 19.8. The summed E-state index contributed by atoms with van der Waals surface area (Å²) in [5.74, 6) is 2.02. The number of halogens is 3. The number of benzene rings is 1. The van der Waals surface area contributed by atoms with Crippen LogP contribution >= 0.6 is 0 Å². The fraction of sp³-hybridized carbons (Fsp3) is 0.421. The molecule has 0 saturated heterocycles. The Balaban J connectivity index is 1.80. The summed E-state index contributed by atoms with van der Waals surface area (Å²) >= 11 is 0. The molecular weight excluding hydrogens is 345 g/mol. The van der Waals surface area contributed by atoms with E-state index in [4.69, 9.17) is 4.74 Å². The molecule has 4 nitrogen and oxygen atoms in total. The van der Waals surface area contributed by atoms with Crippen molar-refractivity contribution in [1.29, 1.82) is 0 Å². The van der Waals surface area contributed by atoms with Crippen LogP contribution in [-0.4, -0.2) is 25.4 Å². The predicted molar refractivity (Wildman–Crippen MR) is 93.3 cm³/mol. The zero-order valence-electron chi connectivity index (χ0n) is 14.6. The van der Waals surface area contributed by atoms with Crippen molar-refractivity contribution in [2.24, 2.45) is 10.9 Å². The zero-order valence-corrected chi connectivity index (χ0v) is 14.6. The van der Waals surface area contributed by atoms with Crippen LogP contribution in [0.5, 0.6) is 0 Å². The fourth-order valence-corrected chi connectivity index (χ4v) is 2.72. The van der Waals surface area contributed by atoms with Crippen LogP contribution in [0.15, 0.2) is 46.8 Å². The van der Waals surface area contributed by atoms with E-state index in [0.717, 1.165) is 30.5 Å². The lowest BCUT2D eigenvalue weighted by molar-refractivity contribution is -0.137. The number of methoxy groups -OCH3 is 1. The van der Waals surface area contributed by atoms with Crippen molar-refractivity contribution in [1.82, 2.24) is 5.32 Å². The van der Waals surface area contributed by atoms with E-state index < -0.39 is 11.7 Å². The van der Waals surface area contributed by atoms with E-state index in [1.54, 1.807) is 18.4 Å². The lowest BCUT2D eigenvalue weighted by Gasteiger charge is -2.24. The third-order valence-corrected chi connectivity index (χ3v) is 4.29. The zero-order chi connectivity index (χ0) is 19.2. The average molecular weight is 366 g/mol. The quantitative estimate of drug-likeness (QED) is 0.588. The van der Waals surface area contributed by atoms with Gasteiger partial charge in [-0.3, -0.25) is 4.99 Å². The third kappa shape index (κ3) is 5.23. The Morgan fingerprint density at radius 3 is 2.54 bits per heavy atom. The summed E-state index contributed by atoms with van der Waals surface area (Å²) in [7, 11) is 1.39. The maximum absolute atomic E-state index is 12.6. The highest BCUT2D eigenvalue weighted by Gasteiger charge is 2.29. The van der Waals surface area contributed by atoms with Crippen molar-refractivity contribution >= 4 is 12.2 Å². The molecular formula is C19H21F3N2O2. The van der Waals surface area contributed by atoms with Gasteiger partial charge >= 0.3 is 6.18 Å². The van der Waals surface area contributed by atoms with Crippen molar-refractivity contribution in [2.75, 3.05) is 7.11 Å². The van der Waals surface area contributed by atoms with Crippen LogP contribution in [0.4, 0.5) is 13.2 Å². The molecule has 0 saturated carbocycles. The van der Waals surface area contributed by atoms with Gasteiger partial charge in [0.25, 0.3) is 0 Å². The van der Waals surface area contributed by atoms with Gasteiger partial charge in [-0.15, -0.1) is 0 Å². The predicted octanol–water partition coefficient (Wildman–Crippen LogP) is 3.91. The Kier molecular flexibility index (Phi) is 6.64. The molecule has 1 heterocycles. The van der Waals surface area contributed by atoms with Crippen molar-refractivity contribution < 1.29 is 22.7 Å². The van der Waals surface area contributed by atoms with Crippen LogP contribution in [-0.2, 0) is 22.1 Å². The van der Waals surface area contributed by atoms with E-state index in [1.807, 2.05) is 6.92 Å². The van der Waals surface area contributed by atoms with Crippen LogP contribution in [0, 0.1) is 5.92 Å². The van der Waals surface area contributed by atoms with Gasteiger partial charge in [-0.1, -0.05) is 19.1 Å². The van der Waals surface area contributed by atoms with Crippen LogP contribution in [0.2, 0.25) is 0 Å². The SMILES string of the molecule is COC(=C=O)C1=CNC(C(C)CCCc2ccc(C(F)(F)F)cc2)N=C1. The first-order chi connectivity index (χ1) is 12.3. The second kappa shape index (κ2) is 8.72. The smallest absolute Gasteiger partial charge is 0.416 e. The summed E-state index contributed by atoms with van der Waals surface area (Å²) in [6.45, 7) is 2.05. The molecule has 1 aliphatic rings. The molecule has 0 radical (unpaired) electrons. The number of alkyl halides is 3. The van der Waals surface area contributed by atoms with Gasteiger partial charge < -0.3 is 10.1 Å². The summed E-state index contributed by atoms with van der Waals surface area (Å²) in [5.41, 5.74) is 0.793. The Labute approximate surface area is 150 Å². The summed E-state index contributed by atoms with van der Waals surface area (Å²) in [6, 6.07) is 5.28. The van der Waals surface area contributed by atoms with E-state index in [0.29, 0.717) is 12.0 Å². The van der Waals surface area contributed by atoms with E-state index >= 15 is 0 Å². The second-order valence-electron chi connectivity index (χ2n) is 6.19. The topological polar surface area (TPSA) is 50.7 Å². The van der Waals surface area contributed by atoms with E-state index in [1.165, 1.54) is 19.2 Å². The molecule has 1 aromatic rings. The number of aliphatic imine (C=N–C) groups is 1. The lowest BCUT2D eigenvalue weighted by Crippen LogP contribution is -2.32. The molecule has 2 atom stereocenters. The number of hydrogen-bond donors (Lipinski definition) is 1. The maximum atomic E-state index is 12.6. The van der Waals surface area contributed by atoms with Crippen LogP contribution < -0.4 is 5.32 Å². The van der Waals surface area contributed by atoms with E-state index in [-0.39, 0.29) is 17.8 Å². The van der Waals surface area contributed by atoms with Gasteiger partial charge in [-0.2, -0.15) is 13.2 Å².